The van der Waals surface area contributed by atoms with Crippen LogP contribution in [0, 0.1) is 11.3 Å². The van der Waals surface area contributed by atoms with Crippen LogP contribution in [0.2, 0.25) is 0 Å². The number of rotatable bonds is 1. The highest BCUT2D eigenvalue weighted by molar-refractivity contribution is 5.83. The number of amides is 1. The fourth-order valence-corrected chi connectivity index (χ4v) is 3.06. The van der Waals surface area contributed by atoms with Crippen molar-refractivity contribution in [3.63, 3.8) is 0 Å². The van der Waals surface area contributed by atoms with Crippen LogP contribution in [0.1, 0.15) is 32.1 Å². The van der Waals surface area contributed by atoms with Crippen LogP contribution in [0.25, 0.3) is 0 Å². The maximum Gasteiger partial charge on any atom is 0.260 e. The molecular weight excluding hydrogens is 200 g/mol. The van der Waals surface area contributed by atoms with Crippen LogP contribution < -0.4 is 0 Å². The highest BCUT2D eigenvalue weighted by atomic mass is 19.3. The van der Waals surface area contributed by atoms with Crippen molar-refractivity contribution in [3.8, 4) is 0 Å². The van der Waals surface area contributed by atoms with Crippen molar-refractivity contribution in [3.05, 3.63) is 0 Å². The minimum Gasteiger partial charge on any atom is -0.341 e. The Kier molecular flexibility index (Phi) is 1.73. The summed E-state index contributed by atoms with van der Waals surface area (Å²) >= 11 is 0. The number of alkyl halides is 2. The quantitative estimate of drug-likeness (QED) is 0.655. The van der Waals surface area contributed by atoms with Crippen LogP contribution in [-0.2, 0) is 4.79 Å². The average molecular weight is 215 g/mol. The summed E-state index contributed by atoms with van der Waals surface area (Å²) in [5, 5.41) is 0. The van der Waals surface area contributed by atoms with Crippen molar-refractivity contribution in [1.29, 1.82) is 0 Å². The maximum atomic E-state index is 12.7. The van der Waals surface area contributed by atoms with E-state index in [0.29, 0.717) is 5.41 Å². The summed E-state index contributed by atoms with van der Waals surface area (Å²) in [4.78, 5) is 13.2. The highest BCUT2D eigenvalue weighted by Crippen LogP contribution is 2.52. The fraction of sp³-hybridized carbons (Fsp3) is 0.909. The molecule has 2 nitrogen and oxygen atoms in total. The molecule has 0 aromatic carbocycles. The van der Waals surface area contributed by atoms with Crippen molar-refractivity contribution >= 4 is 5.91 Å². The zero-order valence-electron chi connectivity index (χ0n) is 8.64. The van der Waals surface area contributed by atoms with Gasteiger partial charge in [0.15, 0.2) is 0 Å². The molecule has 15 heavy (non-hydrogen) atoms. The van der Waals surface area contributed by atoms with E-state index >= 15 is 0 Å². The molecule has 2 saturated carbocycles. The standard InChI is InChI=1S/C11H15F2NO/c12-11(13)5-8(11)9(15)14-6-10(7-14)3-1-2-4-10/h8H,1-7H2. The predicted molar refractivity (Wildman–Crippen MR) is 50.5 cm³/mol. The first kappa shape index (κ1) is 9.55. The molecule has 3 rings (SSSR count). The lowest BCUT2D eigenvalue weighted by Gasteiger charge is -2.48. The van der Waals surface area contributed by atoms with E-state index in [1.54, 1.807) is 4.90 Å². The van der Waals surface area contributed by atoms with E-state index in [-0.39, 0.29) is 12.3 Å². The van der Waals surface area contributed by atoms with E-state index in [0.717, 1.165) is 13.1 Å². The third-order valence-corrected chi connectivity index (χ3v) is 4.15. The van der Waals surface area contributed by atoms with Crippen molar-refractivity contribution in [2.75, 3.05) is 13.1 Å². The molecule has 3 aliphatic rings. The van der Waals surface area contributed by atoms with Crippen molar-refractivity contribution in [2.45, 2.75) is 38.0 Å². The molecule has 0 N–H and O–H groups in total. The van der Waals surface area contributed by atoms with Crippen molar-refractivity contribution in [2.24, 2.45) is 11.3 Å². The summed E-state index contributed by atoms with van der Waals surface area (Å²) in [6, 6.07) is 0. The normalized spacial score (nSPS) is 35.3. The summed E-state index contributed by atoms with van der Waals surface area (Å²) in [5.74, 6) is -4.00. The Bertz CT molecular complexity index is 302. The molecule has 1 heterocycles. The smallest absolute Gasteiger partial charge is 0.260 e. The lowest BCUT2D eigenvalue weighted by molar-refractivity contribution is -0.146. The van der Waals surface area contributed by atoms with Gasteiger partial charge < -0.3 is 4.90 Å². The van der Waals surface area contributed by atoms with Gasteiger partial charge >= 0.3 is 0 Å². The highest BCUT2D eigenvalue weighted by Gasteiger charge is 2.63. The fourth-order valence-electron chi connectivity index (χ4n) is 3.06. The average Bonchev–Trinajstić information content (AvgIpc) is 2.63. The largest absolute Gasteiger partial charge is 0.341 e. The number of hydrogen-bond acceptors (Lipinski definition) is 1. The van der Waals surface area contributed by atoms with E-state index in [1.807, 2.05) is 0 Å². The zero-order chi connectivity index (χ0) is 10.7. The van der Waals surface area contributed by atoms with E-state index < -0.39 is 11.8 Å². The molecule has 1 amide bonds. The Morgan fingerprint density at radius 2 is 1.73 bits per heavy atom. The van der Waals surface area contributed by atoms with E-state index in [9.17, 15) is 13.6 Å². The molecule has 0 aromatic rings. The summed E-state index contributed by atoms with van der Waals surface area (Å²) in [5.41, 5.74) is 0.319. The molecule has 0 bridgehead atoms. The first-order valence-corrected chi connectivity index (χ1v) is 5.69. The minimum atomic E-state index is -2.70. The van der Waals surface area contributed by atoms with Crippen LogP contribution in [0.15, 0.2) is 0 Å². The van der Waals surface area contributed by atoms with Crippen LogP contribution in [-0.4, -0.2) is 29.8 Å². The molecule has 4 heteroatoms. The van der Waals surface area contributed by atoms with Crippen molar-refractivity contribution in [1.82, 2.24) is 4.90 Å². The van der Waals surface area contributed by atoms with Gasteiger partial charge in [-0.1, -0.05) is 12.8 Å². The van der Waals surface area contributed by atoms with Gasteiger partial charge in [-0.25, -0.2) is 8.78 Å². The van der Waals surface area contributed by atoms with Crippen LogP contribution in [0.3, 0.4) is 0 Å². The Labute approximate surface area is 87.6 Å². The van der Waals surface area contributed by atoms with Gasteiger partial charge in [-0.2, -0.15) is 0 Å². The van der Waals surface area contributed by atoms with E-state index in [1.165, 1.54) is 25.7 Å². The van der Waals surface area contributed by atoms with E-state index in [4.69, 9.17) is 0 Å². The summed E-state index contributed by atoms with van der Waals surface area (Å²) in [7, 11) is 0. The van der Waals surface area contributed by atoms with Crippen LogP contribution in [0.4, 0.5) is 8.78 Å². The summed E-state index contributed by atoms with van der Waals surface area (Å²) in [6.45, 7) is 1.47. The molecule has 1 unspecified atom stereocenters. The Morgan fingerprint density at radius 3 is 2.20 bits per heavy atom. The molecule has 3 fully saturated rings. The zero-order valence-corrected chi connectivity index (χ0v) is 8.64. The molecule has 1 atom stereocenters. The van der Waals surface area contributed by atoms with Crippen LogP contribution in [0.5, 0.6) is 0 Å². The SMILES string of the molecule is O=C(C1CC1(F)F)N1CC2(CCCC2)C1. The molecule has 1 saturated heterocycles. The Balaban J connectivity index is 1.57. The number of hydrogen-bond donors (Lipinski definition) is 0. The molecule has 0 aromatic heterocycles. The molecule has 84 valence electrons. The second kappa shape index (κ2) is 2.71. The predicted octanol–water partition coefficient (Wildman–Crippen LogP) is 2.04. The van der Waals surface area contributed by atoms with E-state index in [2.05, 4.69) is 0 Å². The van der Waals surface area contributed by atoms with Gasteiger partial charge in [-0.05, 0) is 12.8 Å². The summed E-state index contributed by atoms with van der Waals surface area (Å²) < 4.78 is 25.4. The molecular formula is C11H15F2NO. The van der Waals surface area contributed by atoms with Gasteiger partial charge in [-0.15, -0.1) is 0 Å². The third-order valence-electron chi connectivity index (χ3n) is 4.15. The summed E-state index contributed by atoms with van der Waals surface area (Å²) in [6.07, 6.45) is 4.61. The number of likely N-dealkylation sites (tertiary alicyclic amines) is 1. The minimum absolute atomic E-state index is 0.227. The van der Waals surface area contributed by atoms with Crippen molar-refractivity contribution < 1.29 is 13.6 Å². The molecule has 2 aliphatic carbocycles. The monoisotopic (exact) mass is 215 g/mol. The number of carbonyl (C=O) groups excluding carboxylic acids is 1. The molecule has 1 aliphatic heterocycles. The van der Waals surface area contributed by atoms with Gasteiger partial charge in [-0.3, -0.25) is 4.79 Å². The first-order valence-electron chi connectivity index (χ1n) is 5.69. The number of halogens is 2. The maximum absolute atomic E-state index is 12.7. The van der Waals surface area contributed by atoms with Gasteiger partial charge in [0.25, 0.3) is 5.92 Å². The Hall–Kier alpha value is -0.670. The number of carbonyl (C=O) groups is 1. The second-order valence-electron chi connectivity index (χ2n) is 5.42. The Morgan fingerprint density at radius 1 is 1.20 bits per heavy atom. The lowest BCUT2D eigenvalue weighted by Crippen LogP contribution is -2.57. The molecule has 0 radical (unpaired) electrons. The second-order valence-corrected chi connectivity index (χ2v) is 5.42. The lowest BCUT2D eigenvalue weighted by atomic mass is 9.78. The first-order chi connectivity index (χ1) is 7.03. The van der Waals surface area contributed by atoms with Gasteiger partial charge in [0.2, 0.25) is 5.91 Å². The topological polar surface area (TPSA) is 20.3 Å². The van der Waals surface area contributed by atoms with Crippen LogP contribution >= 0.6 is 0 Å². The number of nitrogens with zero attached hydrogens (tertiary/aromatic N) is 1. The third kappa shape index (κ3) is 1.37. The van der Waals surface area contributed by atoms with Gasteiger partial charge in [0.05, 0.1) is 0 Å². The van der Waals surface area contributed by atoms with Gasteiger partial charge in [0.1, 0.15) is 5.92 Å². The molecule has 1 spiro atoms. The van der Waals surface area contributed by atoms with Gasteiger partial charge in [0, 0.05) is 24.9 Å².